The van der Waals surface area contributed by atoms with Crippen LogP contribution in [0.25, 0.3) is 5.69 Å². The van der Waals surface area contributed by atoms with Gasteiger partial charge in [0.15, 0.2) is 3.95 Å². The minimum Gasteiger partial charge on any atom is -0.467 e. The number of hydrogen-bond acceptors (Lipinski definition) is 5. The first-order valence-corrected chi connectivity index (χ1v) is 7.86. The summed E-state index contributed by atoms with van der Waals surface area (Å²) in [5.74, 6) is 0.170. The van der Waals surface area contributed by atoms with Crippen LogP contribution in [-0.2, 0) is 6.54 Å². The lowest BCUT2D eigenvalue weighted by Gasteiger charge is -2.06. The second kappa shape index (κ2) is 6.35. The lowest BCUT2D eigenvalue weighted by molar-refractivity contribution is 0.0952. The van der Waals surface area contributed by atoms with Crippen molar-refractivity contribution in [2.75, 3.05) is 5.73 Å². The molecule has 3 aromatic rings. The van der Waals surface area contributed by atoms with Gasteiger partial charge in [-0.25, -0.2) is 4.39 Å². The molecule has 0 aliphatic heterocycles. The molecule has 3 N–H and O–H groups in total. The van der Waals surface area contributed by atoms with Gasteiger partial charge in [-0.15, -0.1) is 0 Å². The predicted octanol–water partition coefficient (Wildman–Crippen LogP) is 3.51. The monoisotopic (exact) mass is 349 g/mol. The SMILES string of the molecule is Nc1c(C(=O)NCc2ccco2)sc(=S)n1-c1ccc(F)cc1. The van der Waals surface area contributed by atoms with Crippen molar-refractivity contribution in [1.82, 2.24) is 9.88 Å². The minimum atomic E-state index is -0.356. The van der Waals surface area contributed by atoms with Crippen LogP contribution in [0.2, 0.25) is 0 Å². The summed E-state index contributed by atoms with van der Waals surface area (Å²) in [4.78, 5) is 12.6. The largest absolute Gasteiger partial charge is 0.467 e. The Morgan fingerprint density at radius 3 is 2.74 bits per heavy atom. The van der Waals surface area contributed by atoms with Crippen molar-refractivity contribution in [2.45, 2.75) is 6.54 Å². The molecular formula is C15H12FN3O2S2. The molecule has 1 amide bonds. The van der Waals surface area contributed by atoms with E-state index in [1.807, 2.05) is 0 Å². The number of nitrogens with one attached hydrogen (secondary N) is 1. The van der Waals surface area contributed by atoms with Crippen molar-refractivity contribution in [1.29, 1.82) is 0 Å². The smallest absolute Gasteiger partial charge is 0.265 e. The molecule has 0 saturated heterocycles. The summed E-state index contributed by atoms with van der Waals surface area (Å²) in [6, 6.07) is 9.23. The number of carbonyl (C=O) groups excluding carboxylic acids is 1. The van der Waals surface area contributed by atoms with Crippen molar-refractivity contribution < 1.29 is 13.6 Å². The van der Waals surface area contributed by atoms with E-state index in [1.54, 1.807) is 28.8 Å². The normalized spacial score (nSPS) is 10.7. The first-order chi connectivity index (χ1) is 11.1. The van der Waals surface area contributed by atoms with Crippen molar-refractivity contribution in [2.24, 2.45) is 0 Å². The van der Waals surface area contributed by atoms with Gasteiger partial charge in [0.1, 0.15) is 22.3 Å². The van der Waals surface area contributed by atoms with E-state index >= 15 is 0 Å². The van der Waals surface area contributed by atoms with Gasteiger partial charge in [-0.2, -0.15) is 0 Å². The Labute approximate surface area is 140 Å². The molecule has 0 saturated carbocycles. The lowest BCUT2D eigenvalue weighted by Crippen LogP contribution is -2.22. The Bertz CT molecular complexity index is 883. The van der Waals surface area contributed by atoms with Gasteiger partial charge in [0.25, 0.3) is 5.91 Å². The molecule has 0 spiro atoms. The quantitative estimate of drug-likeness (QED) is 0.707. The van der Waals surface area contributed by atoms with Crippen LogP contribution >= 0.6 is 23.6 Å². The Hall–Kier alpha value is -2.45. The molecule has 0 aliphatic rings. The number of nitrogen functional groups attached to an aromatic ring is 1. The average Bonchev–Trinajstić information content (AvgIpc) is 3.14. The van der Waals surface area contributed by atoms with E-state index in [0.717, 1.165) is 11.3 Å². The van der Waals surface area contributed by atoms with Crippen LogP contribution in [0.3, 0.4) is 0 Å². The number of benzene rings is 1. The van der Waals surface area contributed by atoms with Crippen LogP contribution in [0.4, 0.5) is 10.2 Å². The summed E-state index contributed by atoms with van der Waals surface area (Å²) >= 11 is 6.37. The maximum atomic E-state index is 13.0. The standard InChI is InChI=1S/C15H12FN3O2S2/c16-9-3-5-10(6-4-9)19-13(17)12(23-15(19)22)14(20)18-8-11-2-1-7-21-11/h1-7H,8,17H2,(H,18,20). The molecule has 23 heavy (non-hydrogen) atoms. The fourth-order valence-corrected chi connectivity index (χ4v) is 3.33. The third-order valence-electron chi connectivity index (χ3n) is 3.14. The number of halogens is 1. The Balaban J connectivity index is 1.86. The topological polar surface area (TPSA) is 73.2 Å². The lowest BCUT2D eigenvalue weighted by atomic mass is 10.3. The molecule has 0 unspecified atom stereocenters. The van der Waals surface area contributed by atoms with Gasteiger partial charge < -0.3 is 15.5 Å². The van der Waals surface area contributed by atoms with Crippen LogP contribution in [-0.4, -0.2) is 10.5 Å². The molecule has 2 heterocycles. The number of thiazole rings is 1. The highest BCUT2D eigenvalue weighted by Gasteiger charge is 2.18. The summed E-state index contributed by atoms with van der Waals surface area (Å²) < 4.78 is 20.1. The van der Waals surface area contributed by atoms with Gasteiger partial charge in [-0.05, 0) is 48.6 Å². The molecular weight excluding hydrogens is 337 g/mol. The second-order valence-electron chi connectivity index (χ2n) is 4.66. The number of carbonyl (C=O) groups is 1. The molecule has 2 aromatic heterocycles. The van der Waals surface area contributed by atoms with Gasteiger partial charge in [0, 0.05) is 5.69 Å². The molecule has 8 heteroatoms. The Morgan fingerprint density at radius 2 is 2.09 bits per heavy atom. The van der Waals surface area contributed by atoms with Gasteiger partial charge >= 0.3 is 0 Å². The Morgan fingerprint density at radius 1 is 1.35 bits per heavy atom. The fourth-order valence-electron chi connectivity index (χ4n) is 2.04. The first-order valence-electron chi connectivity index (χ1n) is 6.64. The number of aromatic nitrogens is 1. The van der Waals surface area contributed by atoms with Crippen LogP contribution < -0.4 is 11.1 Å². The molecule has 118 valence electrons. The molecule has 0 fully saturated rings. The molecule has 0 bridgehead atoms. The van der Waals surface area contributed by atoms with Gasteiger partial charge in [-0.1, -0.05) is 11.3 Å². The fraction of sp³-hybridized carbons (Fsp3) is 0.0667. The zero-order valence-electron chi connectivity index (χ0n) is 11.8. The summed E-state index contributed by atoms with van der Waals surface area (Å²) in [7, 11) is 0. The molecule has 3 rings (SSSR count). The zero-order chi connectivity index (χ0) is 16.4. The summed E-state index contributed by atoms with van der Waals surface area (Å²) in [5.41, 5.74) is 6.66. The van der Waals surface area contributed by atoms with E-state index in [1.165, 1.54) is 18.4 Å². The highest BCUT2D eigenvalue weighted by Crippen LogP contribution is 2.26. The van der Waals surface area contributed by atoms with Crippen LogP contribution in [0.5, 0.6) is 0 Å². The van der Waals surface area contributed by atoms with Crippen molar-refractivity contribution >= 4 is 35.3 Å². The predicted molar refractivity (Wildman–Crippen MR) is 88.7 cm³/mol. The van der Waals surface area contributed by atoms with E-state index in [0.29, 0.717) is 20.3 Å². The molecule has 0 atom stereocenters. The van der Waals surface area contributed by atoms with Crippen molar-refractivity contribution in [3.05, 3.63) is 63.1 Å². The van der Waals surface area contributed by atoms with Crippen LogP contribution in [0, 0.1) is 9.77 Å². The zero-order valence-corrected chi connectivity index (χ0v) is 13.4. The number of hydrogen-bond donors (Lipinski definition) is 2. The molecule has 1 aromatic carbocycles. The number of nitrogens with two attached hydrogens (primary N) is 1. The van der Waals surface area contributed by atoms with Crippen LogP contribution in [0.1, 0.15) is 15.4 Å². The summed E-state index contributed by atoms with van der Waals surface area (Å²) in [6.07, 6.45) is 1.53. The first kappa shape index (κ1) is 15.4. The van der Waals surface area contributed by atoms with Gasteiger partial charge in [0.2, 0.25) is 0 Å². The van der Waals surface area contributed by atoms with Crippen molar-refractivity contribution in [3.8, 4) is 5.69 Å². The highest BCUT2D eigenvalue weighted by atomic mass is 32.1. The minimum absolute atomic E-state index is 0.226. The van der Waals surface area contributed by atoms with E-state index in [9.17, 15) is 9.18 Å². The number of amides is 1. The van der Waals surface area contributed by atoms with Gasteiger partial charge in [0.05, 0.1) is 12.8 Å². The number of furan rings is 1. The second-order valence-corrected chi connectivity index (χ2v) is 6.30. The highest BCUT2D eigenvalue weighted by molar-refractivity contribution is 7.73. The van der Waals surface area contributed by atoms with E-state index in [-0.39, 0.29) is 24.1 Å². The molecule has 5 nitrogen and oxygen atoms in total. The van der Waals surface area contributed by atoms with E-state index in [2.05, 4.69) is 5.32 Å². The van der Waals surface area contributed by atoms with Gasteiger partial charge in [-0.3, -0.25) is 9.36 Å². The molecule has 0 radical (unpaired) electrons. The van der Waals surface area contributed by atoms with E-state index in [4.69, 9.17) is 22.4 Å². The number of nitrogens with zero attached hydrogens (tertiary/aromatic N) is 1. The number of rotatable bonds is 4. The average molecular weight is 349 g/mol. The van der Waals surface area contributed by atoms with Crippen molar-refractivity contribution in [3.63, 3.8) is 0 Å². The maximum absolute atomic E-state index is 13.0. The molecule has 0 aliphatic carbocycles. The number of anilines is 1. The third kappa shape index (κ3) is 3.17. The van der Waals surface area contributed by atoms with E-state index < -0.39 is 0 Å². The Kier molecular flexibility index (Phi) is 4.26. The summed E-state index contributed by atoms with van der Waals surface area (Å²) in [6.45, 7) is 0.256. The third-order valence-corrected chi connectivity index (χ3v) is 4.53. The summed E-state index contributed by atoms with van der Waals surface area (Å²) in [5, 5.41) is 2.72. The maximum Gasteiger partial charge on any atom is 0.265 e. The van der Waals surface area contributed by atoms with Crippen LogP contribution in [0.15, 0.2) is 47.1 Å².